The van der Waals surface area contributed by atoms with Gasteiger partial charge in [0.25, 0.3) is 11.6 Å². The molecule has 178 valence electrons. The van der Waals surface area contributed by atoms with Crippen LogP contribution in [0.5, 0.6) is 11.5 Å². The summed E-state index contributed by atoms with van der Waals surface area (Å²) >= 11 is 3.46. The Morgan fingerprint density at radius 1 is 1.20 bits per heavy atom. The van der Waals surface area contributed by atoms with E-state index in [0.29, 0.717) is 21.5 Å². The van der Waals surface area contributed by atoms with Crippen LogP contribution in [0.1, 0.15) is 29.7 Å². The zero-order chi connectivity index (χ0) is 25.4. The number of carbonyl (C=O) groups is 1. The number of rotatable bonds is 9. The number of carbonyl (C=O) groups excluding carboxylic acids is 1. The van der Waals surface area contributed by atoms with E-state index < -0.39 is 10.8 Å². The van der Waals surface area contributed by atoms with Gasteiger partial charge in [-0.2, -0.15) is 5.26 Å². The average molecular weight is 536 g/mol. The molecule has 0 spiro atoms. The van der Waals surface area contributed by atoms with Crippen LogP contribution in [0.25, 0.3) is 6.08 Å². The van der Waals surface area contributed by atoms with E-state index in [1.54, 1.807) is 24.3 Å². The van der Waals surface area contributed by atoms with E-state index in [1.807, 2.05) is 43.3 Å². The molecule has 0 saturated carbocycles. The van der Waals surface area contributed by atoms with Gasteiger partial charge < -0.3 is 14.8 Å². The fourth-order valence-electron chi connectivity index (χ4n) is 3.25. The minimum absolute atomic E-state index is 0.000789. The Balaban J connectivity index is 1.77. The standard InChI is InChI=1S/C26H22BrN3O5/c1-17(20-6-4-3-5-7-20)29-26(31)21(15-28)12-19-13-23(27)25(24(14-19)34-2)35-16-18-8-10-22(11-9-18)30(32)33/h3-14,17H,16H2,1-2H3,(H,29,31)/b21-12-/t17-/m0/s1. The van der Waals surface area contributed by atoms with Gasteiger partial charge in [0.2, 0.25) is 0 Å². The SMILES string of the molecule is COc1cc(/C=C(/C#N)C(=O)N[C@@H](C)c2ccccc2)cc(Br)c1OCc1ccc([N+](=O)[O-])cc1. The molecule has 0 radical (unpaired) electrons. The number of benzene rings is 3. The van der Waals surface area contributed by atoms with Crippen LogP contribution in [0, 0.1) is 21.4 Å². The van der Waals surface area contributed by atoms with E-state index in [9.17, 15) is 20.2 Å². The Kier molecular flexibility index (Phi) is 8.59. The molecule has 0 saturated heterocycles. The van der Waals surface area contributed by atoms with Crippen molar-refractivity contribution < 1.29 is 19.2 Å². The van der Waals surface area contributed by atoms with Gasteiger partial charge in [0.15, 0.2) is 11.5 Å². The van der Waals surface area contributed by atoms with Gasteiger partial charge in [-0.05, 0) is 69.9 Å². The van der Waals surface area contributed by atoms with Crippen molar-refractivity contribution in [2.75, 3.05) is 7.11 Å². The van der Waals surface area contributed by atoms with Crippen LogP contribution in [-0.4, -0.2) is 17.9 Å². The highest BCUT2D eigenvalue weighted by Gasteiger charge is 2.16. The first-order chi connectivity index (χ1) is 16.8. The van der Waals surface area contributed by atoms with E-state index in [0.717, 1.165) is 11.1 Å². The molecule has 0 fully saturated rings. The number of nitrogens with zero attached hydrogens (tertiary/aromatic N) is 2. The van der Waals surface area contributed by atoms with Crippen molar-refractivity contribution in [3.8, 4) is 17.6 Å². The van der Waals surface area contributed by atoms with Crippen LogP contribution in [0.3, 0.4) is 0 Å². The molecule has 0 heterocycles. The minimum Gasteiger partial charge on any atom is -0.493 e. The molecule has 1 atom stereocenters. The molecular weight excluding hydrogens is 514 g/mol. The molecule has 35 heavy (non-hydrogen) atoms. The number of nitro benzene ring substituents is 1. The first kappa shape index (κ1) is 25.5. The molecule has 1 N–H and O–H groups in total. The molecule has 0 aromatic heterocycles. The zero-order valence-electron chi connectivity index (χ0n) is 19.0. The number of hydrogen-bond donors (Lipinski definition) is 1. The van der Waals surface area contributed by atoms with E-state index in [4.69, 9.17) is 9.47 Å². The van der Waals surface area contributed by atoms with Crippen LogP contribution in [0.4, 0.5) is 5.69 Å². The number of nitrogens with one attached hydrogen (secondary N) is 1. The number of hydrogen-bond acceptors (Lipinski definition) is 6. The zero-order valence-corrected chi connectivity index (χ0v) is 20.6. The van der Waals surface area contributed by atoms with Gasteiger partial charge in [-0.25, -0.2) is 0 Å². The van der Waals surface area contributed by atoms with Gasteiger partial charge in [0.1, 0.15) is 18.2 Å². The Morgan fingerprint density at radius 2 is 1.89 bits per heavy atom. The summed E-state index contributed by atoms with van der Waals surface area (Å²) in [7, 11) is 1.48. The van der Waals surface area contributed by atoms with Gasteiger partial charge in [-0.3, -0.25) is 14.9 Å². The first-order valence-electron chi connectivity index (χ1n) is 10.5. The average Bonchev–Trinajstić information content (AvgIpc) is 2.86. The third-order valence-corrected chi connectivity index (χ3v) is 5.69. The lowest BCUT2D eigenvalue weighted by Crippen LogP contribution is -2.27. The van der Waals surface area contributed by atoms with Gasteiger partial charge in [-0.15, -0.1) is 0 Å². The predicted octanol–water partition coefficient (Wildman–Crippen LogP) is 5.73. The Hall–Kier alpha value is -4.16. The number of methoxy groups -OCH3 is 1. The summed E-state index contributed by atoms with van der Waals surface area (Å²) < 4.78 is 11.9. The third-order valence-electron chi connectivity index (χ3n) is 5.11. The summed E-state index contributed by atoms with van der Waals surface area (Å²) in [6, 6.07) is 20.6. The van der Waals surface area contributed by atoms with Crippen LogP contribution >= 0.6 is 15.9 Å². The number of halogens is 1. The Bertz CT molecular complexity index is 1280. The van der Waals surface area contributed by atoms with E-state index in [2.05, 4.69) is 21.2 Å². The molecule has 3 aromatic carbocycles. The molecule has 1 amide bonds. The van der Waals surface area contributed by atoms with Crippen molar-refractivity contribution in [3.05, 3.63) is 104 Å². The Morgan fingerprint density at radius 3 is 2.49 bits per heavy atom. The Labute approximate surface area is 211 Å². The number of ether oxygens (including phenoxy) is 2. The van der Waals surface area contributed by atoms with Crippen molar-refractivity contribution in [1.82, 2.24) is 5.32 Å². The lowest BCUT2D eigenvalue weighted by molar-refractivity contribution is -0.384. The summed E-state index contributed by atoms with van der Waals surface area (Å²) in [4.78, 5) is 23.0. The van der Waals surface area contributed by atoms with Crippen molar-refractivity contribution in [2.45, 2.75) is 19.6 Å². The van der Waals surface area contributed by atoms with Crippen molar-refractivity contribution >= 4 is 33.6 Å². The molecule has 3 rings (SSSR count). The molecule has 0 aliphatic heterocycles. The maximum absolute atomic E-state index is 12.7. The fourth-order valence-corrected chi connectivity index (χ4v) is 3.82. The van der Waals surface area contributed by atoms with Crippen molar-refractivity contribution in [1.29, 1.82) is 5.26 Å². The summed E-state index contributed by atoms with van der Waals surface area (Å²) in [6.45, 7) is 2.00. The topological polar surface area (TPSA) is 114 Å². The minimum atomic E-state index is -0.488. The summed E-state index contributed by atoms with van der Waals surface area (Å²) in [6.07, 6.45) is 1.47. The maximum atomic E-state index is 12.7. The molecule has 3 aromatic rings. The van der Waals surface area contributed by atoms with Gasteiger partial charge in [0.05, 0.1) is 22.5 Å². The van der Waals surface area contributed by atoms with Crippen LogP contribution in [0.2, 0.25) is 0 Å². The first-order valence-corrected chi connectivity index (χ1v) is 11.3. The highest BCUT2D eigenvalue weighted by molar-refractivity contribution is 9.10. The smallest absolute Gasteiger partial charge is 0.269 e. The van der Waals surface area contributed by atoms with Gasteiger partial charge in [-0.1, -0.05) is 30.3 Å². The third kappa shape index (κ3) is 6.68. The molecule has 9 heteroatoms. The lowest BCUT2D eigenvalue weighted by atomic mass is 10.1. The van der Waals surface area contributed by atoms with E-state index >= 15 is 0 Å². The van der Waals surface area contributed by atoms with Gasteiger partial charge in [0, 0.05) is 12.1 Å². The second-order valence-corrected chi connectivity index (χ2v) is 8.38. The maximum Gasteiger partial charge on any atom is 0.269 e. The highest BCUT2D eigenvalue weighted by atomic mass is 79.9. The van der Waals surface area contributed by atoms with Crippen LogP contribution < -0.4 is 14.8 Å². The highest BCUT2D eigenvalue weighted by Crippen LogP contribution is 2.38. The van der Waals surface area contributed by atoms with E-state index in [1.165, 1.54) is 25.3 Å². The van der Waals surface area contributed by atoms with Crippen molar-refractivity contribution in [2.24, 2.45) is 0 Å². The summed E-state index contributed by atoms with van der Waals surface area (Å²) in [5.74, 6) is 0.323. The number of amides is 1. The largest absolute Gasteiger partial charge is 0.493 e. The van der Waals surface area contributed by atoms with E-state index in [-0.39, 0.29) is 23.9 Å². The number of non-ortho nitro benzene ring substituents is 1. The predicted molar refractivity (Wildman–Crippen MR) is 135 cm³/mol. The van der Waals surface area contributed by atoms with Gasteiger partial charge >= 0.3 is 0 Å². The monoisotopic (exact) mass is 535 g/mol. The molecule has 0 bridgehead atoms. The summed E-state index contributed by atoms with van der Waals surface area (Å²) in [5.41, 5.74) is 2.18. The number of nitro groups is 1. The van der Waals surface area contributed by atoms with Crippen LogP contribution in [-0.2, 0) is 11.4 Å². The van der Waals surface area contributed by atoms with Crippen LogP contribution in [0.15, 0.2) is 76.8 Å². The quantitative estimate of drug-likeness (QED) is 0.162. The number of nitriles is 1. The molecule has 8 nitrogen and oxygen atoms in total. The molecule has 0 aliphatic carbocycles. The van der Waals surface area contributed by atoms with Crippen molar-refractivity contribution in [3.63, 3.8) is 0 Å². The summed E-state index contributed by atoms with van der Waals surface area (Å²) in [5, 5.41) is 23.2. The molecule has 0 aliphatic rings. The second kappa shape index (κ2) is 11.8. The normalized spacial score (nSPS) is 11.8. The lowest BCUT2D eigenvalue weighted by Gasteiger charge is -2.15. The second-order valence-electron chi connectivity index (χ2n) is 7.52. The molecular formula is C26H22BrN3O5. The molecule has 0 unspecified atom stereocenters. The fraction of sp³-hybridized carbons (Fsp3) is 0.154.